The Balaban J connectivity index is 1.39. The average Bonchev–Trinajstić information content (AvgIpc) is 2.96. The van der Waals surface area contributed by atoms with Crippen LogP contribution in [0.25, 0.3) is 0 Å². The molecule has 0 aliphatic carbocycles. The second kappa shape index (κ2) is 9.99. The first-order valence-corrected chi connectivity index (χ1v) is 12.4. The lowest BCUT2D eigenvalue weighted by molar-refractivity contribution is -0.152. The Morgan fingerprint density at radius 2 is 1.97 bits per heavy atom. The van der Waals surface area contributed by atoms with E-state index in [1.54, 1.807) is 0 Å². The molecule has 4 aliphatic heterocycles. The molecule has 0 unspecified atom stereocenters. The number of aliphatic hydroxyl groups is 1. The van der Waals surface area contributed by atoms with E-state index >= 15 is 0 Å². The molecular formula is C25H34N2O6. The summed E-state index contributed by atoms with van der Waals surface area (Å²) in [5, 5.41) is 13.1. The lowest BCUT2D eigenvalue weighted by Gasteiger charge is -2.41. The number of aliphatic hydroxyl groups excluding tert-OH is 1. The number of amides is 2. The largest absolute Gasteiger partial charge is 0.490 e. The van der Waals surface area contributed by atoms with Gasteiger partial charge in [0.1, 0.15) is 11.9 Å². The second-order valence-electron chi connectivity index (χ2n) is 9.66. The quantitative estimate of drug-likeness (QED) is 0.704. The van der Waals surface area contributed by atoms with Crippen LogP contribution in [0.4, 0.5) is 5.69 Å². The van der Waals surface area contributed by atoms with Gasteiger partial charge in [-0.2, -0.15) is 0 Å². The number of piperidine rings is 1. The van der Waals surface area contributed by atoms with Gasteiger partial charge in [0, 0.05) is 43.1 Å². The Morgan fingerprint density at radius 3 is 2.73 bits per heavy atom. The zero-order valence-corrected chi connectivity index (χ0v) is 19.0. The average molecular weight is 459 g/mol. The third-order valence-corrected chi connectivity index (χ3v) is 7.45. The molecule has 5 rings (SSSR count). The predicted molar refractivity (Wildman–Crippen MR) is 121 cm³/mol. The zero-order chi connectivity index (χ0) is 22.8. The molecule has 2 bridgehead atoms. The van der Waals surface area contributed by atoms with Crippen LogP contribution in [0.5, 0.6) is 5.75 Å². The maximum Gasteiger partial charge on any atom is 0.230 e. The summed E-state index contributed by atoms with van der Waals surface area (Å²) in [4.78, 5) is 28.0. The van der Waals surface area contributed by atoms with Gasteiger partial charge in [0.2, 0.25) is 11.8 Å². The molecule has 2 amide bonds. The molecule has 3 fully saturated rings. The van der Waals surface area contributed by atoms with Crippen LogP contribution in [0.15, 0.2) is 18.2 Å². The molecule has 8 nitrogen and oxygen atoms in total. The normalized spacial score (nSPS) is 30.2. The molecule has 2 N–H and O–H groups in total. The summed E-state index contributed by atoms with van der Waals surface area (Å²) in [7, 11) is 0. The molecule has 33 heavy (non-hydrogen) atoms. The van der Waals surface area contributed by atoms with Gasteiger partial charge in [0.15, 0.2) is 0 Å². The van der Waals surface area contributed by atoms with Crippen molar-refractivity contribution in [3.8, 4) is 5.75 Å². The molecule has 0 aromatic heterocycles. The van der Waals surface area contributed by atoms with E-state index in [0.29, 0.717) is 19.6 Å². The van der Waals surface area contributed by atoms with Crippen LogP contribution in [-0.4, -0.2) is 73.0 Å². The Kier molecular flexibility index (Phi) is 6.85. The number of likely N-dealkylation sites (tertiary alicyclic amines) is 1. The van der Waals surface area contributed by atoms with E-state index in [-0.39, 0.29) is 43.0 Å². The lowest BCUT2D eigenvalue weighted by Crippen LogP contribution is -2.48. The van der Waals surface area contributed by atoms with Crippen molar-refractivity contribution in [2.75, 3.05) is 38.2 Å². The molecule has 1 aromatic rings. The first-order valence-electron chi connectivity index (χ1n) is 12.4. The van der Waals surface area contributed by atoms with Crippen LogP contribution in [-0.2, 0) is 19.1 Å². The number of rotatable bonds is 5. The minimum absolute atomic E-state index is 0.0798. The monoisotopic (exact) mass is 458 g/mol. The molecule has 1 aromatic carbocycles. The van der Waals surface area contributed by atoms with E-state index < -0.39 is 12.0 Å². The summed E-state index contributed by atoms with van der Waals surface area (Å²) in [6.07, 6.45) is 4.82. The van der Waals surface area contributed by atoms with Gasteiger partial charge in [-0.05, 0) is 43.9 Å². The van der Waals surface area contributed by atoms with Gasteiger partial charge in [-0.3, -0.25) is 9.59 Å². The number of carbonyl (C=O) groups excluding carboxylic acids is 2. The molecule has 180 valence electrons. The van der Waals surface area contributed by atoms with Crippen LogP contribution in [0.3, 0.4) is 0 Å². The van der Waals surface area contributed by atoms with Gasteiger partial charge < -0.3 is 29.5 Å². The number of nitrogens with zero attached hydrogens (tertiary/aromatic N) is 1. The maximum atomic E-state index is 13.1. The Morgan fingerprint density at radius 1 is 1.18 bits per heavy atom. The maximum absolute atomic E-state index is 13.1. The van der Waals surface area contributed by atoms with Gasteiger partial charge in [-0.15, -0.1) is 0 Å². The van der Waals surface area contributed by atoms with Gasteiger partial charge in [0.05, 0.1) is 44.4 Å². The standard InChI is InChI=1S/C25H34N2O6/c28-15-22-24-20(13-18(33-22)14-23(29)27-8-2-1-3-9-27)19-12-16(26-25(24)30)4-5-21(19)32-17-6-10-31-11-7-17/h4-5,12,17-18,20,22,24,28H,1-3,6-11,13-15H2,(H,26,30)/t18-,20-,22+,24+/m1/s1. The van der Waals surface area contributed by atoms with Crippen molar-refractivity contribution < 1.29 is 28.9 Å². The summed E-state index contributed by atoms with van der Waals surface area (Å²) in [6.45, 7) is 2.70. The second-order valence-corrected chi connectivity index (χ2v) is 9.66. The number of benzene rings is 1. The first-order chi connectivity index (χ1) is 16.1. The highest BCUT2D eigenvalue weighted by Gasteiger charge is 2.46. The summed E-state index contributed by atoms with van der Waals surface area (Å²) in [5.74, 6) is -0.00381. The van der Waals surface area contributed by atoms with Crippen molar-refractivity contribution in [2.24, 2.45) is 5.92 Å². The first kappa shape index (κ1) is 22.6. The molecule has 3 saturated heterocycles. The molecule has 0 saturated carbocycles. The number of anilines is 1. The van der Waals surface area contributed by atoms with Crippen molar-refractivity contribution in [3.05, 3.63) is 23.8 Å². The van der Waals surface area contributed by atoms with Gasteiger partial charge >= 0.3 is 0 Å². The Bertz CT molecular complexity index is 864. The van der Waals surface area contributed by atoms with Crippen LogP contribution in [0.2, 0.25) is 0 Å². The van der Waals surface area contributed by atoms with E-state index in [2.05, 4.69) is 5.32 Å². The summed E-state index contributed by atoms with van der Waals surface area (Å²) in [6, 6.07) is 5.78. The highest BCUT2D eigenvalue weighted by atomic mass is 16.5. The number of hydrogen-bond acceptors (Lipinski definition) is 6. The van der Waals surface area contributed by atoms with Crippen molar-refractivity contribution >= 4 is 17.5 Å². The summed E-state index contributed by atoms with van der Waals surface area (Å²) >= 11 is 0. The fourth-order valence-electron chi connectivity index (χ4n) is 5.73. The van der Waals surface area contributed by atoms with Crippen LogP contribution >= 0.6 is 0 Å². The van der Waals surface area contributed by atoms with Gasteiger partial charge in [-0.25, -0.2) is 0 Å². The van der Waals surface area contributed by atoms with Crippen LogP contribution < -0.4 is 10.1 Å². The molecular weight excluding hydrogens is 424 g/mol. The highest BCUT2D eigenvalue weighted by molar-refractivity contribution is 5.95. The number of carbonyl (C=O) groups is 2. The fraction of sp³-hybridized carbons (Fsp3) is 0.680. The molecule has 4 atom stereocenters. The van der Waals surface area contributed by atoms with Crippen molar-refractivity contribution in [1.82, 2.24) is 4.90 Å². The van der Waals surface area contributed by atoms with Crippen molar-refractivity contribution in [2.45, 2.75) is 69.2 Å². The summed E-state index contributed by atoms with van der Waals surface area (Å²) < 4.78 is 18.0. The molecule has 4 aliphatic rings. The zero-order valence-electron chi connectivity index (χ0n) is 19.0. The SMILES string of the molecule is O=C1Nc2ccc(OC3CCOCC3)c(c2)[C@H]2C[C@H](CC(=O)N3CCCCC3)O[C@@H](CO)[C@@H]12. The number of hydrogen-bond donors (Lipinski definition) is 2. The minimum Gasteiger partial charge on any atom is -0.490 e. The predicted octanol–water partition coefficient (Wildman–Crippen LogP) is 2.45. The van der Waals surface area contributed by atoms with E-state index in [9.17, 15) is 14.7 Å². The number of fused-ring (bicyclic) bond motifs is 4. The Hall–Kier alpha value is -2.16. The molecule has 0 radical (unpaired) electrons. The number of ether oxygens (including phenoxy) is 3. The van der Waals surface area contributed by atoms with Gasteiger partial charge in [0.25, 0.3) is 0 Å². The molecule has 0 spiro atoms. The number of nitrogens with one attached hydrogen (secondary N) is 1. The fourth-order valence-corrected chi connectivity index (χ4v) is 5.73. The summed E-state index contributed by atoms with van der Waals surface area (Å²) in [5.41, 5.74) is 1.68. The lowest BCUT2D eigenvalue weighted by atomic mass is 9.76. The van der Waals surface area contributed by atoms with Crippen LogP contribution in [0.1, 0.15) is 56.4 Å². The van der Waals surface area contributed by atoms with Gasteiger partial charge in [-0.1, -0.05) is 0 Å². The topological polar surface area (TPSA) is 97.3 Å². The Labute approximate surface area is 194 Å². The van der Waals surface area contributed by atoms with E-state index in [1.807, 2.05) is 23.1 Å². The molecule has 4 heterocycles. The van der Waals surface area contributed by atoms with E-state index in [4.69, 9.17) is 14.2 Å². The molecule has 8 heteroatoms. The third-order valence-electron chi connectivity index (χ3n) is 7.45. The van der Waals surface area contributed by atoms with Crippen LogP contribution in [0, 0.1) is 5.92 Å². The van der Waals surface area contributed by atoms with Crippen molar-refractivity contribution in [3.63, 3.8) is 0 Å². The highest BCUT2D eigenvalue weighted by Crippen LogP contribution is 2.46. The van der Waals surface area contributed by atoms with E-state index in [0.717, 1.165) is 55.8 Å². The third kappa shape index (κ3) is 4.88. The minimum atomic E-state index is -0.659. The van der Waals surface area contributed by atoms with E-state index in [1.165, 1.54) is 6.42 Å². The smallest absolute Gasteiger partial charge is 0.230 e. The van der Waals surface area contributed by atoms with Crippen molar-refractivity contribution in [1.29, 1.82) is 0 Å².